The van der Waals surface area contributed by atoms with Crippen molar-refractivity contribution in [1.29, 1.82) is 0 Å². The number of carbonyl (C=O) groups excluding carboxylic acids is 2. The van der Waals surface area contributed by atoms with Crippen LogP contribution in [0.15, 0.2) is 48.6 Å². The van der Waals surface area contributed by atoms with Gasteiger partial charge in [-0.1, -0.05) is 249 Å². The first-order valence-corrected chi connectivity index (χ1v) is 27.9. The molecule has 0 aliphatic heterocycles. The Bertz CT molecular complexity index is 1100. The van der Waals surface area contributed by atoms with E-state index in [-0.39, 0.29) is 24.9 Å². The summed E-state index contributed by atoms with van der Waals surface area (Å²) in [5, 5.41) is 23.9. The van der Waals surface area contributed by atoms with Gasteiger partial charge in [-0.3, -0.25) is 9.59 Å². The van der Waals surface area contributed by atoms with Crippen LogP contribution < -0.4 is 5.32 Å². The van der Waals surface area contributed by atoms with Crippen LogP contribution in [0.5, 0.6) is 0 Å². The van der Waals surface area contributed by atoms with Crippen molar-refractivity contribution >= 4 is 11.9 Å². The van der Waals surface area contributed by atoms with Crippen LogP contribution >= 0.6 is 0 Å². The van der Waals surface area contributed by atoms with Crippen LogP contribution in [0.3, 0.4) is 0 Å². The second-order valence-electron chi connectivity index (χ2n) is 19.0. The number of esters is 1. The molecule has 0 aromatic carbocycles. The fourth-order valence-corrected chi connectivity index (χ4v) is 8.49. The summed E-state index contributed by atoms with van der Waals surface area (Å²) in [6.45, 7) is 6.36. The maximum atomic E-state index is 13.2. The number of hydrogen-bond acceptors (Lipinski definition) is 5. The van der Waals surface area contributed by atoms with Crippen LogP contribution in [0.2, 0.25) is 0 Å². The summed E-state index contributed by atoms with van der Waals surface area (Å²) in [7, 11) is 0. The van der Waals surface area contributed by atoms with E-state index >= 15 is 0 Å². The van der Waals surface area contributed by atoms with Gasteiger partial charge in [-0.05, 0) is 70.6 Å². The highest BCUT2D eigenvalue weighted by molar-refractivity contribution is 5.77. The lowest BCUT2D eigenvalue weighted by Crippen LogP contribution is -2.46. The van der Waals surface area contributed by atoms with E-state index in [9.17, 15) is 19.8 Å². The van der Waals surface area contributed by atoms with Crippen LogP contribution in [0.4, 0.5) is 0 Å². The van der Waals surface area contributed by atoms with Gasteiger partial charge in [-0.25, -0.2) is 0 Å². The second-order valence-corrected chi connectivity index (χ2v) is 19.0. The van der Waals surface area contributed by atoms with Crippen LogP contribution in [0.25, 0.3) is 0 Å². The van der Waals surface area contributed by atoms with Crippen LogP contribution in [0, 0.1) is 0 Å². The maximum Gasteiger partial charge on any atom is 0.306 e. The van der Waals surface area contributed by atoms with Crippen LogP contribution in [-0.4, -0.2) is 46.9 Å². The first-order valence-electron chi connectivity index (χ1n) is 27.9. The Morgan fingerprint density at radius 1 is 0.469 bits per heavy atom. The third-order valence-electron chi connectivity index (χ3n) is 12.7. The largest absolute Gasteiger partial charge is 0.462 e. The van der Waals surface area contributed by atoms with Crippen molar-refractivity contribution in [2.24, 2.45) is 0 Å². The summed E-state index contributed by atoms with van der Waals surface area (Å²) < 4.78 is 5.94. The van der Waals surface area contributed by atoms with Gasteiger partial charge in [0.2, 0.25) is 5.91 Å². The monoisotopic (exact) mass is 898 g/mol. The molecule has 0 aromatic rings. The van der Waals surface area contributed by atoms with Gasteiger partial charge in [0.15, 0.2) is 0 Å². The molecule has 374 valence electrons. The first-order chi connectivity index (χ1) is 31.5. The molecule has 0 spiro atoms. The smallest absolute Gasteiger partial charge is 0.306 e. The minimum atomic E-state index is -0.794. The number of allylic oxidation sites excluding steroid dienone is 8. The molecule has 0 heterocycles. The molecule has 3 atom stereocenters. The highest BCUT2D eigenvalue weighted by Gasteiger charge is 2.24. The highest BCUT2D eigenvalue weighted by Crippen LogP contribution is 2.18. The lowest BCUT2D eigenvalue weighted by molar-refractivity contribution is -0.151. The van der Waals surface area contributed by atoms with Crippen molar-refractivity contribution in [3.63, 3.8) is 0 Å². The SMILES string of the molecule is CC/C=C/C=C/C=C/CCCCCCCC(CC(=O)NC(CO)C(O)CCCCCCCCCCCCCCCCCCC)OC(=O)CCCCCCCCC/C=C\CCCCCC. The third kappa shape index (κ3) is 46.4. The van der Waals surface area contributed by atoms with Crippen LogP contribution in [-0.2, 0) is 14.3 Å². The summed E-state index contributed by atoms with van der Waals surface area (Å²) in [4.78, 5) is 26.2. The maximum absolute atomic E-state index is 13.2. The fourth-order valence-electron chi connectivity index (χ4n) is 8.49. The van der Waals surface area contributed by atoms with Crippen LogP contribution in [0.1, 0.15) is 284 Å². The highest BCUT2D eigenvalue weighted by atomic mass is 16.5. The molecule has 6 heteroatoms. The topological polar surface area (TPSA) is 95.9 Å². The zero-order chi connectivity index (χ0) is 46.7. The molecule has 1 amide bonds. The third-order valence-corrected chi connectivity index (χ3v) is 12.7. The van der Waals surface area contributed by atoms with Gasteiger partial charge >= 0.3 is 5.97 Å². The summed E-state index contributed by atoms with van der Waals surface area (Å²) in [6.07, 6.45) is 63.2. The number of rotatable bonds is 50. The Morgan fingerprint density at radius 3 is 1.33 bits per heavy atom. The molecular weight excluding hydrogens is 791 g/mol. The number of aliphatic hydroxyl groups is 2. The van der Waals surface area contributed by atoms with Crippen molar-refractivity contribution in [1.82, 2.24) is 5.32 Å². The quantitative estimate of drug-likeness (QED) is 0.0245. The average molecular weight is 898 g/mol. The average Bonchev–Trinajstić information content (AvgIpc) is 3.29. The summed E-state index contributed by atoms with van der Waals surface area (Å²) in [6, 6.07) is -0.709. The van der Waals surface area contributed by atoms with Gasteiger partial charge in [-0.2, -0.15) is 0 Å². The van der Waals surface area contributed by atoms with E-state index in [1.807, 2.05) is 0 Å². The minimum Gasteiger partial charge on any atom is -0.462 e. The van der Waals surface area contributed by atoms with E-state index in [2.05, 4.69) is 74.7 Å². The van der Waals surface area contributed by atoms with Crippen molar-refractivity contribution in [3.05, 3.63) is 48.6 Å². The van der Waals surface area contributed by atoms with Crippen molar-refractivity contribution in [2.75, 3.05) is 6.61 Å². The fraction of sp³-hybridized carbons (Fsp3) is 0.828. The number of nitrogens with one attached hydrogen (secondary N) is 1. The summed E-state index contributed by atoms with van der Waals surface area (Å²) in [5.41, 5.74) is 0. The number of ether oxygens (including phenoxy) is 1. The van der Waals surface area contributed by atoms with Gasteiger partial charge in [0.25, 0.3) is 0 Å². The standard InChI is InChI=1S/C58H107NO5/c1-4-7-10-13-16-19-22-25-27-28-30-32-35-38-41-44-47-50-56(61)55(53-60)59-57(62)52-54(49-46-43-40-37-34-31-24-21-18-15-12-9-6-3)64-58(63)51-48-45-42-39-36-33-29-26-23-20-17-14-11-8-5-2/h9,12,15,18,20-21,23-24,54-56,60-61H,4-8,10-11,13-14,16-17,19,22,25-53H2,1-3H3,(H,59,62)/b12-9+,18-15+,23-20-,24-21+. The number of aliphatic hydroxyl groups excluding tert-OH is 2. The van der Waals surface area contributed by atoms with E-state index in [4.69, 9.17) is 4.74 Å². The van der Waals surface area contributed by atoms with E-state index < -0.39 is 18.2 Å². The summed E-state index contributed by atoms with van der Waals surface area (Å²) >= 11 is 0. The van der Waals surface area contributed by atoms with Gasteiger partial charge < -0.3 is 20.3 Å². The van der Waals surface area contributed by atoms with E-state index in [1.165, 1.54) is 154 Å². The molecular formula is C58H107NO5. The van der Waals surface area contributed by atoms with Crippen molar-refractivity contribution in [2.45, 2.75) is 302 Å². The van der Waals surface area contributed by atoms with Crippen molar-refractivity contribution in [3.8, 4) is 0 Å². The molecule has 0 saturated heterocycles. The molecule has 6 nitrogen and oxygen atoms in total. The number of unbranched alkanes of at least 4 members (excludes halogenated alkanes) is 32. The van der Waals surface area contributed by atoms with Gasteiger partial charge in [0, 0.05) is 6.42 Å². The number of carbonyl (C=O) groups is 2. The second kappa shape index (κ2) is 51.8. The van der Waals surface area contributed by atoms with Gasteiger partial charge in [0.05, 0.1) is 25.2 Å². The predicted octanol–water partition coefficient (Wildman–Crippen LogP) is 17.0. The minimum absolute atomic E-state index is 0.0634. The molecule has 64 heavy (non-hydrogen) atoms. The predicted molar refractivity (Wildman–Crippen MR) is 278 cm³/mol. The summed E-state index contributed by atoms with van der Waals surface area (Å²) in [5.74, 6) is -0.491. The lowest BCUT2D eigenvalue weighted by atomic mass is 10.0. The molecule has 0 saturated carbocycles. The molecule has 0 bridgehead atoms. The molecule has 0 aromatic heterocycles. The van der Waals surface area contributed by atoms with E-state index in [1.54, 1.807) is 0 Å². The molecule has 0 radical (unpaired) electrons. The normalized spacial score (nSPS) is 13.5. The zero-order valence-electron chi connectivity index (χ0n) is 42.7. The molecule has 0 aliphatic rings. The number of amides is 1. The molecule has 0 fully saturated rings. The zero-order valence-corrected chi connectivity index (χ0v) is 42.7. The molecule has 3 N–H and O–H groups in total. The molecule has 0 aliphatic carbocycles. The number of hydrogen-bond donors (Lipinski definition) is 3. The van der Waals surface area contributed by atoms with Crippen molar-refractivity contribution < 1.29 is 24.5 Å². The Balaban J connectivity index is 4.52. The molecule has 3 unspecified atom stereocenters. The lowest BCUT2D eigenvalue weighted by Gasteiger charge is -2.24. The Morgan fingerprint density at radius 2 is 0.859 bits per heavy atom. The van der Waals surface area contributed by atoms with E-state index in [0.29, 0.717) is 19.3 Å². The Kier molecular flexibility index (Phi) is 50.0. The Hall–Kier alpha value is -2.18. The van der Waals surface area contributed by atoms with Gasteiger partial charge in [-0.15, -0.1) is 0 Å². The van der Waals surface area contributed by atoms with Gasteiger partial charge in [0.1, 0.15) is 6.10 Å². The van der Waals surface area contributed by atoms with E-state index in [0.717, 1.165) is 83.5 Å². The molecule has 0 rings (SSSR count). The first kappa shape index (κ1) is 61.8. The Labute approximate surface area is 397 Å².